The van der Waals surface area contributed by atoms with Gasteiger partial charge in [-0.2, -0.15) is 0 Å². The molecule has 0 unspecified atom stereocenters. The van der Waals surface area contributed by atoms with Crippen LogP contribution in [0.1, 0.15) is 30.0 Å². The SMILES string of the molecule is CCOC(=O)[C@H](C)Oc1cc2c(C(=O)OCCOC)c(C)oc2cc1Br. The van der Waals surface area contributed by atoms with Gasteiger partial charge in [-0.1, -0.05) is 0 Å². The fraction of sp³-hybridized carbons (Fsp3) is 0.444. The first-order chi connectivity index (χ1) is 12.4. The van der Waals surface area contributed by atoms with Crippen LogP contribution < -0.4 is 4.74 Å². The second kappa shape index (κ2) is 9.05. The summed E-state index contributed by atoms with van der Waals surface area (Å²) in [6.45, 7) is 5.71. The number of ether oxygens (including phenoxy) is 4. The average molecular weight is 429 g/mol. The lowest BCUT2D eigenvalue weighted by Crippen LogP contribution is -2.26. The van der Waals surface area contributed by atoms with Crippen molar-refractivity contribution in [2.45, 2.75) is 26.9 Å². The van der Waals surface area contributed by atoms with Crippen LogP contribution in [0, 0.1) is 6.92 Å². The van der Waals surface area contributed by atoms with E-state index in [2.05, 4.69) is 15.9 Å². The molecular weight excluding hydrogens is 408 g/mol. The van der Waals surface area contributed by atoms with E-state index in [4.69, 9.17) is 23.4 Å². The van der Waals surface area contributed by atoms with Crippen LogP contribution in [0.25, 0.3) is 11.0 Å². The number of hydrogen-bond donors (Lipinski definition) is 0. The van der Waals surface area contributed by atoms with Crippen molar-refractivity contribution in [3.05, 3.63) is 27.9 Å². The van der Waals surface area contributed by atoms with E-state index in [1.165, 1.54) is 7.11 Å². The molecule has 1 aromatic heterocycles. The lowest BCUT2D eigenvalue weighted by molar-refractivity contribution is -0.150. The summed E-state index contributed by atoms with van der Waals surface area (Å²) in [6.07, 6.45) is -0.797. The minimum absolute atomic E-state index is 0.140. The molecule has 1 atom stereocenters. The number of benzene rings is 1. The predicted octanol–water partition coefficient (Wildman–Crippen LogP) is 3.64. The largest absolute Gasteiger partial charge is 0.478 e. The quantitative estimate of drug-likeness (QED) is 0.468. The lowest BCUT2D eigenvalue weighted by atomic mass is 10.1. The number of rotatable bonds is 8. The molecule has 0 amide bonds. The molecular formula is C18H21BrO7. The summed E-state index contributed by atoms with van der Waals surface area (Å²) in [5.74, 6) is -0.151. The van der Waals surface area contributed by atoms with Gasteiger partial charge in [0.05, 0.1) is 17.7 Å². The summed E-state index contributed by atoms with van der Waals surface area (Å²) in [7, 11) is 1.53. The van der Waals surface area contributed by atoms with Crippen LogP contribution in [-0.4, -0.2) is 45.0 Å². The van der Waals surface area contributed by atoms with E-state index < -0.39 is 18.0 Å². The molecule has 8 heteroatoms. The third-order valence-corrected chi connectivity index (χ3v) is 4.19. The summed E-state index contributed by atoms with van der Waals surface area (Å²) in [4.78, 5) is 24.1. The zero-order chi connectivity index (χ0) is 19.3. The van der Waals surface area contributed by atoms with E-state index in [0.717, 1.165) is 0 Å². The zero-order valence-corrected chi connectivity index (χ0v) is 16.7. The first-order valence-electron chi connectivity index (χ1n) is 8.11. The van der Waals surface area contributed by atoms with Gasteiger partial charge in [0, 0.05) is 12.5 Å². The van der Waals surface area contributed by atoms with Crippen LogP contribution in [0.3, 0.4) is 0 Å². The third kappa shape index (κ3) is 4.56. The number of carbonyl (C=O) groups excluding carboxylic acids is 2. The smallest absolute Gasteiger partial charge is 0.347 e. The zero-order valence-electron chi connectivity index (χ0n) is 15.1. The Kier molecular flexibility index (Phi) is 7.05. The van der Waals surface area contributed by atoms with Crippen LogP contribution in [0.2, 0.25) is 0 Å². The molecule has 2 rings (SSSR count). The molecule has 142 valence electrons. The molecule has 0 aliphatic rings. The Bertz CT molecular complexity index is 796. The van der Waals surface area contributed by atoms with Gasteiger partial charge < -0.3 is 23.4 Å². The van der Waals surface area contributed by atoms with E-state index in [0.29, 0.717) is 39.1 Å². The maximum Gasteiger partial charge on any atom is 0.347 e. The predicted molar refractivity (Wildman–Crippen MR) is 97.5 cm³/mol. The van der Waals surface area contributed by atoms with Gasteiger partial charge in [0.1, 0.15) is 29.3 Å². The summed E-state index contributed by atoms with van der Waals surface area (Å²) in [5, 5.41) is 0.541. The summed E-state index contributed by atoms with van der Waals surface area (Å²) in [5.41, 5.74) is 0.821. The van der Waals surface area contributed by atoms with Crippen LogP contribution in [0.4, 0.5) is 0 Å². The average Bonchev–Trinajstić information content (AvgIpc) is 2.90. The molecule has 7 nitrogen and oxygen atoms in total. The molecule has 26 heavy (non-hydrogen) atoms. The van der Waals surface area contributed by atoms with Crippen LogP contribution in [-0.2, 0) is 19.0 Å². The van der Waals surface area contributed by atoms with Crippen molar-refractivity contribution < 1.29 is 33.0 Å². The Balaban J connectivity index is 2.33. The molecule has 0 radical (unpaired) electrons. The highest BCUT2D eigenvalue weighted by Crippen LogP contribution is 2.35. The summed E-state index contributed by atoms with van der Waals surface area (Å²) < 4.78 is 26.9. The number of hydrogen-bond acceptors (Lipinski definition) is 7. The number of methoxy groups -OCH3 is 1. The van der Waals surface area contributed by atoms with Crippen molar-refractivity contribution in [2.75, 3.05) is 26.9 Å². The molecule has 1 heterocycles. The number of fused-ring (bicyclic) bond motifs is 1. The third-order valence-electron chi connectivity index (χ3n) is 3.57. The normalized spacial score (nSPS) is 12.0. The Morgan fingerprint density at radius 1 is 1.23 bits per heavy atom. The van der Waals surface area contributed by atoms with Gasteiger partial charge >= 0.3 is 11.9 Å². The van der Waals surface area contributed by atoms with E-state index in [1.807, 2.05) is 0 Å². The Labute approximate surface area is 159 Å². The highest BCUT2D eigenvalue weighted by molar-refractivity contribution is 9.10. The van der Waals surface area contributed by atoms with Gasteiger partial charge in [-0.05, 0) is 48.8 Å². The second-order valence-electron chi connectivity index (χ2n) is 5.45. The molecule has 1 aromatic carbocycles. The van der Waals surface area contributed by atoms with Crippen LogP contribution in [0.5, 0.6) is 5.75 Å². The number of halogens is 1. The monoisotopic (exact) mass is 428 g/mol. The van der Waals surface area contributed by atoms with Gasteiger partial charge in [-0.3, -0.25) is 0 Å². The first-order valence-corrected chi connectivity index (χ1v) is 8.90. The Morgan fingerprint density at radius 2 is 1.96 bits per heavy atom. The number of furan rings is 1. The highest BCUT2D eigenvalue weighted by Gasteiger charge is 2.23. The maximum absolute atomic E-state index is 12.4. The molecule has 0 aliphatic carbocycles. The summed E-state index contributed by atoms with van der Waals surface area (Å²) >= 11 is 3.39. The lowest BCUT2D eigenvalue weighted by Gasteiger charge is -2.14. The van der Waals surface area contributed by atoms with Crippen molar-refractivity contribution in [1.29, 1.82) is 0 Å². The highest BCUT2D eigenvalue weighted by atomic mass is 79.9. The van der Waals surface area contributed by atoms with Gasteiger partial charge in [0.15, 0.2) is 6.10 Å². The minimum atomic E-state index is -0.797. The van der Waals surface area contributed by atoms with E-state index >= 15 is 0 Å². The van der Waals surface area contributed by atoms with Crippen molar-refractivity contribution >= 4 is 38.8 Å². The second-order valence-corrected chi connectivity index (χ2v) is 6.31. The van der Waals surface area contributed by atoms with E-state index in [9.17, 15) is 9.59 Å². The van der Waals surface area contributed by atoms with Crippen molar-refractivity contribution in [1.82, 2.24) is 0 Å². The van der Waals surface area contributed by atoms with Crippen molar-refractivity contribution in [3.63, 3.8) is 0 Å². The van der Waals surface area contributed by atoms with Gasteiger partial charge in [0.25, 0.3) is 0 Å². The van der Waals surface area contributed by atoms with Gasteiger partial charge in [-0.15, -0.1) is 0 Å². The molecule has 0 saturated carbocycles. The fourth-order valence-electron chi connectivity index (χ4n) is 2.35. The molecule has 0 fully saturated rings. The van der Waals surface area contributed by atoms with Gasteiger partial charge in [0.2, 0.25) is 0 Å². The standard InChI is InChI=1S/C18H21BrO7/c1-5-23-17(20)11(3)26-15-8-12-14(9-13(15)19)25-10(2)16(12)18(21)24-7-6-22-4/h8-9,11H,5-7H2,1-4H3/t11-/m0/s1. The van der Waals surface area contributed by atoms with Crippen LogP contribution in [0.15, 0.2) is 21.0 Å². The Hall–Kier alpha value is -2.06. The Morgan fingerprint density at radius 3 is 2.62 bits per heavy atom. The van der Waals surface area contributed by atoms with E-state index in [-0.39, 0.29) is 13.2 Å². The van der Waals surface area contributed by atoms with Crippen LogP contribution >= 0.6 is 15.9 Å². The minimum Gasteiger partial charge on any atom is -0.478 e. The number of aryl methyl sites for hydroxylation is 1. The molecule has 0 spiro atoms. The molecule has 0 bridgehead atoms. The number of carbonyl (C=O) groups is 2. The van der Waals surface area contributed by atoms with Crippen molar-refractivity contribution in [2.24, 2.45) is 0 Å². The van der Waals surface area contributed by atoms with Crippen molar-refractivity contribution in [3.8, 4) is 5.75 Å². The molecule has 0 N–H and O–H groups in total. The van der Waals surface area contributed by atoms with E-state index in [1.54, 1.807) is 32.9 Å². The first kappa shape index (κ1) is 20.3. The molecule has 0 saturated heterocycles. The summed E-state index contributed by atoms with van der Waals surface area (Å²) in [6, 6.07) is 3.32. The number of esters is 2. The molecule has 2 aromatic rings. The topological polar surface area (TPSA) is 84.2 Å². The molecule has 0 aliphatic heterocycles. The fourth-order valence-corrected chi connectivity index (χ4v) is 2.77. The maximum atomic E-state index is 12.4. The van der Waals surface area contributed by atoms with Gasteiger partial charge in [-0.25, -0.2) is 9.59 Å².